The average molecular weight is 286 g/mol. The lowest BCUT2D eigenvalue weighted by atomic mass is 10.1. The van der Waals surface area contributed by atoms with Gasteiger partial charge in [0, 0.05) is 18.3 Å². The van der Waals surface area contributed by atoms with E-state index in [1.807, 2.05) is 0 Å². The summed E-state index contributed by atoms with van der Waals surface area (Å²) in [6, 6.07) is 5.46. The van der Waals surface area contributed by atoms with Crippen LogP contribution in [0.2, 0.25) is 0 Å². The fourth-order valence-electron chi connectivity index (χ4n) is 2.61. The minimum absolute atomic E-state index is 0.227. The minimum Gasteiger partial charge on any atom is -0.381 e. The van der Waals surface area contributed by atoms with Crippen molar-refractivity contribution in [2.45, 2.75) is 38.4 Å². The Hall–Kier alpha value is -1.23. The zero-order valence-electron chi connectivity index (χ0n) is 11.7. The third-order valence-corrected chi connectivity index (χ3v) is 3.61. The summed E-state index contributed by atoms with van der Waals surface area (Å²) in [4.78, 5) is 2.41. The molecule has 5 heteroatoms. The Morgan fingerprint density at radius 3 is 2.25 bits per heavy atom. The first kappa shape index (κ1) is 15.2. The molecule has 1 unspecified atom stereocenters. The molecule has 1 aliphatic heterocycles. The van der Waals surface area contributed by atoms with Gasteiger partial charge in [0.05, 0.1) is 5.56 Å². The molecule has 0 aromatic heterocycles. The van der Waals surface area contributed by atoms with Gasteiger partial charge in [-0.2, -0.15) is 13.2 Å². The first-order valence-electron chi connectivity index (χ1n) is 7.11. The highest BCUT2D eigenvalue weighted by atomic mass is 19.4. The number of nitrogens with one attached hydrogen (secondary N) is 1. The molecule has 0 radical (unpaired) electrons. The molecule has 1 N–H and O–H groups in total. The molecule has 2 rings (SSSR count). The van der Waals surface area contributed by atoms with Crippen LogP contribution in [-0.4, -0.2) is 30.6 Å². The molecule has 112 valence electrons. The van der Waals surface area contributed by atoms with Gasteiger partial charge >= 0.3 is 6.18 Å². The Morgan fingerprint density at radius 2 is 1.70 bits per heavy atom. The van der Waals surface area contributed by atoms with Crippen LogP contribution in [0.25, 0.3) is 0 Å². The van der Waals surface area contributed by atoms with Gasteiger partial charge in [-0.15, -0.1) is 0 Å². The van der Waals surface area contributed by atoms with Gasteiger partial charge in [-0.05, 0) is 57.1 Å². The lowest BCUT2D eigenvalue weighted by molar-refractivity contribution is -0.137. The minimum atomic E-state index is -4.27. The summed E-state index contributed by atoms with van der Waals surface area (Å²) in [6.07, 6.45) is -0.477. The van der Waals surface area contributed by atoms with E-state index in [9.17, 15) is 13.2 Å². The molecule has 1 aromatic carbocycles. The summed E-state index contributed by atoms with van der Waals surface area (Å²) in [7, 11) is 0. The standard InChI is InChI=1S/C15H21F3N2/c1-12(11-20-9-3-2-4-10-20)19-14-7-5-13(6-8-14)15(16,17)18/h5-8,12,19H,2-4,9-11H2,1H3. The van der Waals surface area contributed by atoms with E-state index in [1.54, 1.807) is 0 Å². The van der Waals surface area contributed by atoms with Gasteiger partial charge in [-0.1, -0.05) is 6.42 Å². The Bertz CT molecular complexity index is 408. The van der Waals surface area contributed by atoms with Crippen LogP contribution >= 0.6 is 0 Å². The van der Waals surface area contributed by atoms with E-state index in [4.69, 9.17) is 0 Å². The SMILES string of the molecule is CC(CN1CCCCC1)Nc1ccc(C(F)(F)F)cc1. The van der Waals surface area contributed by atoms with Gasteiger partial charge in [0.2, 0.25) is 0 Å². The second kappa shape index (κ2) is 6.48. The maximum Gasteiger partial charge on any atom is 0.416 e. The number of halogens is 3. The third kappa shape index (κ3) is 4.40. The van der Waals surface area contributed by atoms with Crippen LogP contribution in [0.3, 0.4) is 0 Å². The third-order valence-electron chi connectivity index (χ3n) is 3.61. The predicted molar refractivity (Wildman–Crippen MR) is 74.8 cm³/mol. The Morgan fingerprint density at radius 1 is 1.10 bits per heavy atom. The molecule has 0 bridgehead atoms. The highest BCUT2D eigenvalue weighted by molar-refractivity contribution is 5.45. The Balaban J connectivity index is 1.86. The average Bonchev–Trinajstić information content (AvgIpc) is 2.39. The molecule has 20 heavy (non-hydrogen) atoms. The van der Waals surface area contributed by atoms with E-state index in [0.717, 1.165) is 37.5 Å². The number of nitrogens with zero attached hydrogens (tertiary/aromatic N) is 1. The summed E-state index contributed by atoms with van der Waals surface area (Å²) in [6.45, 7) is 5.24. The van der Waals surface area contributed by atoms with E-state index in [2.05, 4.69) is 17.1 Å². The molecule has 0 amide bonds. The number of hydrogen-bond donors (Lipinski definition) is 1. The molecule has 0 aliphatic carbocycles. The van der Waals surface area contributed by atoms with Gasteiger partial charge in [0.1, 0.15) is 0 Å². The smallest absolute Gasteiger partial charge is 0.381 e. The normalized spacial score (nSPS) is 18.8. The van der Waals surface area contributed by atoms with Gasteiger partial charge in [0.25, 0.3) is 0 Å². The summed E-state index contributed by atoms with van der Waals surface area (Å²) >= 11 is 0. The van der Waals surface area contributed by atoms with Gasteiger partial charge in [0.15, 0.2) is 0 Å². The number of alkyl halides is 3. The summed E-state index contributed by atoms with van der Waals surface area (Å²) in [5.74, 6) is 0. The van der Waals surface area contributed by atoms with Crippen molar-refractivity contribution >= 4 is 5.69 Å². The lowest BCUT2D eigenvalue weighted by Gasteiger charge is -2.29. The van der Waals surface area contributed by atoms with Crippen molar-refractivity contribution in [1.82, 2.24) is 4.90 Å². The van der Waals surface area contributed by atoms with Crippen LogP contribution < -0.4 is 5.32 Å². The molecule has 0 saturated carbocycles. The van der Waals surface area contributed by atoms with Crippen LogP contribution in [-0.2, 0) is 6.18 Å². The Kier molecular flexibility index (Phi) is 4.91. The summed E-state index contributed by atoms with van der Waals surface area (Å²) < 4.78 is 37.4. The van der Waals surface area contributed by atoms with Gasteiger partial charge in [-0.25, -0.2) is 0 Å². The van der Waals surface area contributed by atoms with Crippen LogP contribution in [0.4, 0.5) is 18.9 Å². The van der Waals surface area contributed by atoms with Crippen molar-refractivity contribution in [1.29, 1.82) is 0 Å². The number of likely N-dealkylation sites (tertiary alicyclic amines) is 1. The van der Waals surface area contributed by atoms with Crippen molar-refractivity contribution < 1.29 is 13.2 Å². The highest BCUT2D eigenvalue weighted by Crippen LogP contribution is 2.29. The number of benzene rings is 1. The zero-order chi connectivity index (χ0) is 14.6. The maximum atomic E-state index is 12.5. The predicted octanol–water partition coefficient (Wildman–Crippen LogP) is 3.99. The van der Waals surface area contributed by atoms with Gasteiger partial charge < -0.3 is 10.2 Å². The quantitative estimate of drug-likeness (QED) is 0.900. The molecule has 0 spiro atoms. The van der Waals surface area contributed by atoms with E-state index >= 15 is 0 Å². The van der Waals surface area contributed by atoms with Crippen molar-refractivity contribution in [3.8, 4) is 0 Å². The number of anilines is 1. The van der Waals surface area contributed by atoms with Crippen molar-refractivity contribution in [2.24, 2.45) is 0 Å². The molecule has 1 aliphatic rings. The van der Waals surface area contributed by atoms with E-state index < -0.39 is 11.7 Å². The monoisotopic (exact) mass is 286 g/mol. The van der Waals surface area contributed by atoms with E-state index in [-0.39, 0.29) is 6.04 Å². The molecule has 1 aromatic rings. The fraction of sp³-hybridized carbons (Fsp3) is 0.600. The Labute approximate surface area is 118 Å². The maximum absolute atomic E-state index is 12.5. The fourth-order valence-corrected chi connectivity index (χ4v) is 2.61. The number of hydrogen-bond acceptors (Lipinski definition) is 2. The highest BCUT2D eigenvalue weighted by Gasteiger charge is 2.29. The second-order valence-corrected chi connectivity index (χ2v) is 5.48. The zero-order valence-corrected chi connectivity index (χ0v) is 11.7. The largest absolute Gasteiger partial charge is 0.416 e. The summed E-state index contributed by atoms with van der Waals surface area (Å²) in [5, 5.41) is 3.26. The van der Waals surface area contributed by atoms with Crippen molar-refractivity contribution in [3.63, 3.8) is 0 Å². The van der Waals surface area contributed by atoms with Gasteiger partial charge in [-0.3, -0.25) is 0 Å². The first-order chi connectivity index (χ1) is 9.45. The van der Waals surface area contributed by atoms with Crippen LogP contribution in [0.15, 0.2) is 24.3 Å². The molecule has 1 fully saturated rings. The second-order valence-electron chi connectivity index (χ2n) is 5.48. The molecule has 1 atom stereocenters. The lowest BCUT2D eigenvalue weighted by Crippen LogP contribution is -2.38. The molecule has 2 nitrogen and oxygen atoms in total. The first-order valence-corrected chi connectivity index (χ1v) is 7.11. The number of piperidine rings is 1. The number of rotatable bonds is 4. The van der Waals surface area contributed by atoms with Crippen LogP contribution in [0, 0.1) is 0 Å². The summed E-state index contributed by atoms with van der Waals surface area (Å²) in [5.41, 5.74) is 0.134. The van der Waals surface area contributed by atoms with E-state index in [1.165, 1.54) is 31.4 Å². The van der Waals surface area contributed by atoms with E-state index in [0.29, 0.717) is 0 Å². The molecular weight excluding hydrogens is 265 g/mol. The molecular formula is C15H21F3N2. The van der Waals surface area contributed by atoms with Crippen molar-refractivity contribution in [2.75, 3.05) is 25.0 Å². The van der Waals surface area contributed by atoms with Crippen LogP contribution in [0.5, 0.6) is 0 Å². The molecule has 1 heterocycles. The van der Waals surface area contributed by atoms with Crippen LogP contribution in [0.1, 0.15) is 31.7 Å². The molecule has 1 saturated heterocycles. The van der Waals surface area contributed by atoms with Crippen molar-refractivity contribution in [3.05, 3.63) is 29.8 Å². The topological polar surface area (TPSA) is 15.3 Å².